The van der Waals surface area contributed by atoms with Crippen molar-refractivity contribution in [3.63, 3.8) is 0 Å². The van der Waals surface area contributed by atoms with Crippen LogP contribution >= 0.6 is 0 Å². The molecule has 176 valence electrons. The molecular weight excluding hydrogens is 394 g/mol. The monoisotopic (exact) mass is 437 g/mol. The Morgan fingerprint density at radius 3 is 2.03 bits per heavy atom. The van der Waals surface area contributed by atoms with E-state index >= 15 is 0 Å². The number of unbranched alkanes of at least 4 members (excludes halogenated alkanes) is 1. The first kappa shape index (κ1) is 26.1. The van der Waals surface area contributed by atoms with Gasteiger partial charge in [0.1, 0.15) is 5.60 Å². The van der Waals surface area contributed by atoms with E-state index in [-0.39, 0.29) is 23.5 Å². The number of ether oxygens (including phenoxy) is 1. The highest BCUT2D eigenvalue weighted by Crippen LogP contribution is 2.35. The van der Waals surface area contributed by atoms with Gasteiger partial charge in [-0.1, -0.05) is 80.4 Å². The van der Waals surface area contributed by atoms with Gasteiger partial charge in [-0.25, -0.2) is 0 Å². The van der Waals surface area contributed by atoms with Crippen LogP contribution in [0.2, 0.25) is 0 Å². The zero-order chi connectivity index (χ0) is 23.8. The average molecular weight is 438 g/mol. The molecule has 0 bridgehead atoms. The van der Waals surface area contributed by atoms with Gasteiger partial charge >= 0.3 is 5.97 Å². The minimum atomic E-state index is -0.456. The van der Waals surface area contributed by atoms with Crippen LogP contribution in [0, 0.1) is 5.92 Å². The summed E-state index contributed by atoms with van der Waals surface area (Å²) in [6, 6.07) is 21.6. The third-order valence-corrected chi connectivity index (χ3v) is 6.35. The summed E-state index contributed by atoms with van der Waals surface area (Å²) in [5, 5.41) is 0. The highest BCUT2D eigenvalue weighted by atomic mass is 16.6. The molecule has 0 aliphatic heterocycles. The van der Waals surface area contributed by atoms with Crippen LogP contribution in [0.25, 0.3) is 0 Å². The Bertz CT molecular complexity index is 808. The molecular formula is C29H43NO2. The molecule has 2 rings (SSSR count). The number of esters is 1. The fourth-order valence-electron chi connectivity index (χ4n) is 4.47. The van der Waals surface area contributed by atoms with Crippen LogP contribution in [-0.2, 0) is 21.6 Å². The van der Waals surface area contributed by atoms with Gasteiger partial charge in [-0.15, -0.1) is 0 Å². The maximum atomic E-state index is 12.8. The molecule has 0 radical (unpaired) electrons. The lowest BCUT2D eigenvalue weighted by Gasteiger charge is -2.46. The lowest BCUT2D eigenvalue weighted by molar-refractivity contribution is -0.157. The van der Waals surface area contributed by atoms with E-state index in [1.807, 2.05) is 20.8 Å². The predicted molar refractivity (Wildman–Crippen MR) is 134 cm³/mol. The molecule has 0 saturated carbocycles. The zero-order valence-electron chi connectivity index (χ0n) is 21.2. The highest BCUT2D eigenvalue weighted by Gasteiger charge is 2.36. The second kappa shape index (κ2) is 11.7. The van der Waals surface area contributed by atoms with Gasteiger partial charge in [0, 0.05) is 24.5 Å². The molecule has 0 saturated heterocycles. The number of benzene rings is 2. The van der Waals surface area contributed by atoms with Crippen LogP contribution < -0.4 is 0 Å². The summed E-state index contributed by atoms with van der Waals surface area (Å²) in [6.45, 7) is 15.8. The molecule has 0 amide bonds. The Hall–Kier alpha value is -2.13. The summed E-state index contributed by atoms with van der Waals surface area (Å²) in [7, 11) is 0. The molecule has 0 fully saturated rings. The molecule has 2 unspecified atom stereocenters. The average Bonchev–Trinajstić information content (AvgIpc) is 2.74. The van der Waals surface area contributed by atoms with Crippen molar-refractivity contribution < 1.29 is 9.53 Å². The summed E-state index contributed by atoms with van der Waals surface area (Å²) in [5.74, 6) is 0.138. The number of carbonyl (C=O) groups excluding carboxylic acids is 1. The predicted octanol–water partition coefficient (Wildman–Crippen LogP) is 7.35. The quantitative estimate of drug-likeness (QED) is 0.344. The Kier molecular flexibility index (Phi) is 9.51. The molecule has 2 aromatic carbocycles. The number of hydrogen-bond donors (Lipinski definition) is 0. The number of hydrogen-bond acceptors (Lipinski definition) is 3. The van der Waals surface area contributed by atoms with Crippen molar-refractivity contribution in [3.8, 4) is 0 Å². The zero-order valence-corrected chi connectivity index (χ0v) is 21.2. The Balaban J connectivity index is 2.37. The van der Waals surface area contributed by atoms with Crippen molar-refractivity contribution in [1.29, 1.82) is 0 Å². The van der Waals surface area contributed by atoms with Gasteiger partial charge in [-0.05, 0) is 65.0 Å². The van der Waals surface area contributed by atoms with Gasteiger partial charge in [0.05, 0.1) is 0 Å². The molecule has 3 nitrogen and oxygen atoms in total. The fourth-order valence-corrected chi connectivity index (χ4v) is 4.47. The number of rotatable bonds is 11. The largest absolute Gasteiger partial charge is 0.460 e. The summed E-state index contributed by atoms with van der Waals surface area (Å²) in [5.41, 5.74) is 1.93. The van der Waals surface area contributed by atoms with Gasteiger partial charge in [0.15, 0.2) is 0 Å². The number of nitrogens with zero attached hydrogens (tertiary/aromatic N) is 1. The van der Waals surface area contributed by atoms with E-state index in [1.165, 1.54) is 11.1 Å². The van der Waals surface area contributed by atoms with Crippen LogP contribution in [-0.4, -0.2) is 22.5 Å². The molecule has 2 atom stereocenters. The van der Waals surface area contributed by atoms with Crippen molar-refractivity contribution in [2.75, 3.05) is 0 Å². The Labute approximate surface area is 196 Å². The topological polar surface area (TPSA) is 29.5 Å². The summed E-state index contributed by atoms with van der Waals surface area (Å²) < 4.78 is 5.71. The molecule has 0 aromatic heterocycles. The third kappa shape index (κ3) is 7.78. The molecule has 0 heterocycles. The fraction of sp³-hybridized carbons (Fsp3) is 0.552. The lowest BCUT2D eigenvalue weighted by atomic mass is 9.84. The van der Waals surface area contributed by atoms with E-state index in [4.69, 9.17) is 4.74 Å². The van der Waals surface area contributed by atoms with Crippen molar-refractivity contribution in [2.24, 2.45) is 5.92 Å². The van der Waals surface area contributed by atoms with E-state index in [0.29, 0.717) is 6.42 Å². The molecule has 2 aromatic rings. The lowest BCUT2D eigenvalue weighted by Crippen LogP contribution is -2.49. The summed E-state index contributed by atoms with van der Waals surface area (Å²) >= 11 is 0. The van der Waals surface area contributed by atoms with Crippen LogP contribution in [0.1, 0.15) is 85.3 Å². The standard InChI is InChI=1S/C29H43NO2/c1-8-9-18-25(21-27(31)32-28(3,4)5)23(2)30(22-24-16-12-10-13-17-24)29(6,7)26-19-14-11-15-20-26/h10-17,19-20,23,25H,8-9,18,21-22H2,1-7H3. The molecule has 0 aliphatic carbocycles. The van der Waals surface area contributed by atoms with Crippen molar-refractivity contribution in [2.45, 2.75) is 97.9 Å². The molecule has 32 heavy (non-hydrogen) atoms. The van der Waals surface area contributed by atoms with E-state index < -0.39 is 5.60 Å². The first-order valence-corrected chi connectivity index (χ1v) is 12.1. The smallest absolute Gasteiger partial charge is 0.306 e. The first-order valence-electron chi connectivity index (χ1n) is 12.1. The van der Waals surface area contributed by atoms with Gasteiger partial charge < -0.3 is 4.74 Å². The van der Waals surface area contributed by atoms with Gasteiger partial charge in [0.2, 0.25) is 0 Å². The minimum Gasteiger partial charge on any atom is -0.460 e. The SMILES string of the molecule is CCCCC(CC(=O)OC(C)(C)C)C(C)N(Cc1ccccc1)C(C)(C)c1ccccc1. The molecule has 0 spiro atoms. The molecule has 3 heteroatoms. The van der Waals surface area contributed by atoms with Crippen LogP contribution in [0.4, 0.5) is 0 Å². The summed E-state index contributed by atoms with van der Waals surface area (Å²) in [6.07, 6.45) is 3.71. The maximum Gasteiger partial charge on any atom is 0.306 e. The van der Waals surface area contributed by atoms with E-state index in [1.54, 1.807) is 0 Å². The third-order valence-electron chi connectivity index (χ3n) is 6.35. The van der Waals surface area contributed by atoms with E-state index in [2.05, 4.69) is 93.3 Å². The van der Waals surface area contributed by atoms with Crippen LogP contribution in [0.15, 0.2) is 60.7 Å². The van der Waals surface area contributed by atoms with E-state index in [9.17, 15) is 4.79 Å². The minimum absolute atomic E-state index is 0.0948. The van der Waals surface area contributed by atoms with Gasteiger partial charge in [0.25, 0.3) is 0 Å². The highest BCUT2D eigenvalue weighted by molar-refractivity contribution is 5.70. The van der Waals surface area contributed by atoms with Crippen LogP contribution in [0.3, 0.4) is 0 Å². The second-order valence-electron chi connectivity index (χ2n) is 10.5. The van der Waals surface area contributed by atoms with Crippen molar-refractivity contribution >= 4 is 5.97 Å². The normalized spacial score (nSPS) is 14.2. The van der Waals surface area contributed by atoms with Crippen molar-refractivity contribution in [1.82, 2.24) is 4.90 Å². The molecule has 0 aliphatic rings. The number of carbonyl (C=O) groups is 1. The van der Waals surface area contributed by atoms with Gasteiger partial charge in [-0.2, -0.15) is 0 Å². The molecule has 0 N–H and O–H groups in total. The van der Waals surface area contributed by atoms with Gasteiger partial charge in [-0.3, -0.25) is 9.69 Å². The first-order chi connectivity index (χ1) is 15.0. The van der Waals surface area contributed by atoms with Crippen LogP contribution in [0.5, 0.6) is 0 Å². The summed E-state index contributed by atoms with van der Waals surface area (Å²) in [4.78, 5) is 15.4. The second-order valence-corrected chi connectivity index (χ2v) is 10.5. The Morgan fingerprint density at radius 2 is 1.50 bits per heavy atom. The maximum absolute atomic E-state index is 12.8. The van der Waals surface area contributed by atoms with Crippen molar-refractivity contribution in [3.05, 3.63) is 71.8 Å². The Morgan fingerprint density at radius 1 is 0.938 bits per heavy atom. The van der Waals surface area contributed by atoms with E-state index in [0.717, 1.165) is 25.8 Å².